The highest BCUT2D eigenvalue weighted by molar-refractivity contribution is 6.02. The molecular formula is C13H8F4N2O2. The molecule has 4 nitrogen and oxygen atoms in total. The van der Waals surface area contributed by atoms with Crippen LogP contribution >= 0.6 is 0 Å². The first-order chi connectivity index (χ1) is 9.77. The summed E-state index contributed by atoms with van der Waals surface area (Å²) in [6, 6.07) is 5.33. The van der Waals surface area contributed by atoms with E-state index in [0.29, 0.717) is 18.2 Å². The fraction of sp³-hybridized carbons (Fsp3) is 0.0769. The van der Waals surface area contributed by atoms with Crippen molar-refractivity contribution in [2.75, 3.05) is 5.32 Å². The minimum absolute atomic E-state index is 0.195. The topological polar surface area (TPSA) is 62.0 Å². The Morgan fingerprint density at radius 2 is 1.86 bits per heavy atom. The lowest BCUT2D eigenvalue weighted by Gasteiger charge is -2.10. The van der Waals surface area contributed by atoms with E-state index in [1.54, 1.807) is 0 Å². The summed E-state index contributed by atoms with van der Waals surface area (Å²) in [6.45, 7) is 0. The first kappa shape index (κ1) is 14.8. The monoisotopic (exact) mass is 300 g/mol. The summed E-state index contributed by atoms with van der Waals surface area (Å²) in [5.41, 5.74) is -2.48. The predicted molar refractivity (Wildman–Crippen MR) is 66.4 cm³/mol. The molecule has 0 radical (unpaired) electrons. The fourth-order valence-electron chi connectivity index (χ4n) is 1.57. The van der Waals surface area contributed by atoms with Crippen LogP contribution in [0.5, 0.6) is 0 Å². The van der Waals surface area contributed by atoms with Gasteiger partial charge < -0.3 is 10.3 Å². The standard InChI is InChI=1S/C13H8F4N2O2/c14-8-5-4-7(13(15,16)17)6-10(8)19-12(21)9-2-1-3-11(20)18-9/h1-6H,(H,18,20)(H,19,21). The number of benzene rings is 1. The second-order valence-corrected chi connectivity index (χ2v) is 4.08. The van der Waals surface area contributed by atoms with Gasteiger partial charge in [-0.1, -0.05) is 6.07 Å². The van der Waals surface area contributed by atoms with Crippen LogP contribution in [0.15, 0.2) is 41.2 Å². The molecular weight excluding hydrogens is 292 g/mol. The van der Waals surface area contributed by atoms with Gasteiger partial charge in [0.1, 0.15) is 11.5 Å². The molecule has 0 bridgehead atoms. The average molecular weight is 300 g/mol. The van der Waals surface area contributed by atoms with Gasteiger partial charge in [0.15, 0.2) is 0 Å². The molecule has 21 heavy (non-hydrogen) atoms. The number of halogens is 4. The maximum absolute atomic E-state index is 13.5. The number of aromatic nitrogens is 1. The molecule has 8 heteroatoms. The van der Waals surface area contributed by atoms with Crippen molar-refractivity contribution in [3.8, 4) is 0 Å². The molecule has 2 rings (SSSR count). The quantitative estimate of drug-likeness (QED) is 0.838. The number of amides is 1. The molecule has 1 aromatic heterocycles. The predicted octanol–water partition coefficient (Wildman–Crippen LogP) is 2.79. The van der Waals surface area contributed by atoms with E-state index in [-0.39, 0.29) is 5.69 Å². The molecule has 0 saturated carbocycles. The molecule has 0 aliphatic rings. The maximum Gasteiger partial charge on any atom is 0.416 e. The zero-order valence-electron chi connectivity index (χ0n) is 10.3. The van der Waals surface area contributed by atoms with Gasteiger partial charge in [-0.3, -0.25) is 9.59 Å². The molecule has 0 atom stereocenters. The number of aromatic amines is 1. The third-order valence-corrected chi connectivity index (χ3v) is 2.55. The number of carbonyl (C=O) groups excluding carboxylic acids is 1. The second kappa shape index (κ2) is 5.39. The third-order valence-electron chi connectivity index (χ3n) is 2.55. The van der Waals surface area contributed by atoms with Crippen LogP contribution in [0.4, 0.5) is 23.2 Å². The molecule has 0 unspecified atom stereocenters. The SMILES string of the molecule is O=C(Nc1cc(C(F)(F)F)ccc1F)c1cccc(=O)[nH]1. The van der Waals surface area contributed by atoms with Crippen LogP contribution in [0.2, 0.25) is 0 Å². The summed E-state index contributed by atoms with van der Waals surface area (Å²) in [4.78, 5) is 25.0. The van der Waals surface area contributed by atoms with E-state index in [1.807, 2.05) is 5.32 Å². The number of alkyl halides is 3. The molecule has 110 valence electrons. The lowest BCUT2D eigenvalue weighted by molar-refractivity contribution is -0.137. The van der Waals surface area contributed by atoms with Gasteiger partial charge >= 0.3 is 6.18 Å². The van der Waals surface area contributed by atoms with Crippen molar-refractivity contribution >= 4 is 11.6 Å². The van der Waals surface area contributed by atoms with E-state index in [2.05, 4.69) is 4.98 Å². The van der Waals surface area contributed by atoms with E-state index in [0.717, 1.165) is 6.07 Å². The van der Waals surface area contributed by atoms with Gasteiger partial charge in [-0.05, 0) is 24.3 Å². The van der Waals surface area contributed by atoms with Crippen molar-refractivity contribution in [3.63, 3.8) is 0 Å². The largest absolute Gasteiger partial charge is 0.416 e. The van der Waals surface area contributed by atoms with Crippen LogP contribution in [-0.4, -0.2) is 10.9 Å². The van der Waals surface area contributed by atoms with Crippen molar-refractivity contribution < 1.29 is 22.4 Å². The van der Waals surface area contributed by atoms with Crippen molar-refractivity contribution in [1.29, 1.82) is 0 Å². The van der Waals surface area contributed by atoms with E-state index in [1.165, 1.54) is 12.1 Å². The van der Waals surface area contributed by atoms with Crippen molar-refractivity contribution in [2.45, 2.75) is 6.18 Å². The summed E-state index contributed by atoms with van der Waals surface area (Å²) >= 11 is 0. The lowest BCUT2D eigenvalue weighted by Crippen LogP contribution is -2.19. The van der Waals surface area contributed by atoms with Gasteiger partial charge in [0.05, 0.1) is 11.3 Å². The Kier molecular flexibility index (Phi) is 3.79. The highest BCUT2D eigenvalue weighted by Gasteiger charge is 2.31. The number of nitrogens with one attached hydrogen (secondary N) is 2. The smallest absolute Gasteiger partial charge is 0.318 e. The van der Waals surface area contributed by atoms with Crippen LogP contribution in [0, 0.1) is 5.82 Å². The minimum Gasteiger partial charge on any atom is -0.318 e. The Morgan fingerprint density at radius 3 is 2.48 bits per heavy atom. The summed E-state index contributed by atoms with van der Waals surface area (Å²) in [5, 5.41) is 1.98. The van der Waals surface area contributed by atoms with E-state index in [4.69, 9.17) is 0 Å². The summed E-state index contributed by atoms with van der Waals surface area (Å²) in [5.74, 6) is -1.94. The molecule has 0 fully saturated rings. The highest BCUT2D eigenvalue weighted by atomic mass is 19.4. The zero-order valence-corrected chi connectivity index (χ0v) is 10.3. The Balaban J connectivity index is 2.31. The van der Waals surface area contributed by atoms with Crippen molar-refractivity contribution in [2.24, 2.45) is 0 Å². The van der Waals surface area contributed by atoms with Gasteiger partial charge in [-0.15, -0.1) is 0 Å². The van der Waals surface area contributed by atoms with E-state index >= 15 is 0 Å². The second-order valence-electron chi connectivity index (χ2n) is 4.08. The molecule has 2 N–H and O–H groups in total. The normalized spacial score (nSPS) is 11.2. The molecule has 1 aromatic carbocycles. The third kappa shape index (κ3) is 3.47. The molecule has 0 saturated heterocycles. The van der Waals surface area contributed by atoms with Crippen LogP contribution in [-0.2, 0) is 6.18 Å². The van der Waals surface area contributed by atoms with Gasteiger partial charge in [-0.25, -0.2) is 4.39 Å². The number of carbonyl (C=O) groups is 1. The molecule has 0 spiro atoms. The maximum atomic E-state index is 13.5. The van der Waals surface area contributed by atoms with Crippen LogP contribution in [0.1, 0.15) is 16.1 Å². The first-order valence-corrected chi connectivity index (χ1v) is 5.65. The number of hydrogen-bond donors (Lipinski definition) is 2. The molecule has 1 heterocycles. The van der Waals surface area contributed by atoms with Gasteiger partial charge in [-0.2, -0.15) is 13.2 Å². The van der Waals surface area contributed by atoms with Crippen molar-refractivity contribution in [1.82, 2.24) is 4.98 Å². The number of hydrogen-bond acceptors (Lipinski definition) is 2. The van der Waals surface area contributed by atoms with E-state index < -0.39 is 34.7 Å². The fourth-order valence-corrected chi connectivity index (χ4v) is 1.57. The van der Waals surface area contributed by atoms with Gasteiger partial charge in [0.2, 0.25) is 5.56 Å². The minimum atomic E-state index is -4.66. The lowest BCUT2D eigenvalue weighted by atomic mass is 10.2. The zero-order chi connectivity index (χ0) is 15.6. The molecule has 0 aliphatic heterocycles. The Morgan fingerprint density at radius 1 is 1.14 bits per heavy atom. The molecule has 1 amide bonds. The Labute approximate surface area is 115 Å². The average Bonchev–Trinajstić information content (AvgIpc) is 2.40. The van der Waals surface area contributed by atoms with Crippen LogP contribution < -0.4 is 10.9 Å². The number of rotatable bonds is 2. The summed E-state index contributed by atoms with van der Waals surface area (Å²) < 4.78 is 51.0. The molecule has 0 aliphatic carbocycles. The summed E-state index contributed by atoms with van der Waals surface area (Å²) in [7, 11) is 0. The number of pyridine rings is 1. The number of H-pyrrole nitrogens is 1. The van der Waals surface area contributed by atoms with Crippen LogP contribution in [0.3, 0.4) is 0 Å². The first-order valence-electron chi connectivity index (χ1n) is 5.65. The van der Waals surface area contributed by atoms with E-state index in [9.17, 15) is 27.2 Å². The summed E-state index contributed by atoms with van der Waals surface area (Å²) in [6.07, 6.45) is -4.66. The van der Waals surface area contributed by atoms with Gasteiger partial charge in [0, 0.05) is 6.07 Å². The van der Waals surface area contributed by atoms with Crippen LogP contribution in [0.25, 0.3) is 0 Å². The molecule has 2 aromatic rings. The Hall–Kier alpha value is -2.64. The Bertz CT molecular complexity index is 737. The van der Waals surface area contributed by atoms with Gasteiger partial charge in [0.25, 0.3) is 5.91 Å². The van der Waals surface area contributed by atoms with Crippen molar-refractivity contribution in [3.05, 3.63) is 63.8 Å². The number of anilines is 1. The highest BCUT2D eigenvalue weighted by Crippen LogP contribution is 2.31.